The largest absolute Gasteiger partial charge is 0.363 e. The number of amides is 1. The molecular weight excluding hydrogens is 407 g/mol. The molecule has 1 amide bonds. The van der Waals surface area contributed by atoms with Crippen molar-refractivity contribution in [1.82, 2.24) is 10.3 Å². The first-order chi connectivity index (χ1) is 13.0. The number of sulfone groups is 1. The van der Waals surface area contributed by atoms with Crippen LogP contribution in [0.25, 0.3) is 0 Å². The fraction of sp³-hybridized carbons (Fsp3) is 0.278. The summed E-state index contributed by atoms with van der Waals surface area (Å²) in [5.41, 5.74) is -0.917. The molecule has 2 atom stereocenters. The van der Waals surface area contributed by atoms with Crippen molar-refractivity contribution in [2.24, 2.45) is 0 Å². The third kappa shape index (κ3) is 3.85. The maximum absolute atomic E-state index is 14.5. The maximum atomic E-state index is 14.5. The average Bonchev–Trinajstić information content (AvgIpc) is 2.61. The van der Waals surface area contributed by atoms with Gasteiger partial charge in [0, 0.05) is 17.4 Å². The second-order valence-electron chi connectivity index (χ2n) is 6.83. The van der Waals surface area contributed by atoms with E-state index in [0.717, 1.165) is 6.07 Å². The Kier molecular flexibility index (Phi) is 5.16. The number of pyridine rings is 1. The lowest BCUT2D eigenvalue weighted by atomic mass is 9.92. The second-order valence-corrected chi connectivity index (χ2v) is 9.59. The Labute approximate surface area is 166 Å². The lowest BCUT2D eigenvalue weighted by Gasteiger charge is -2.39. The number of benzene rings is 1. The highest BCUT2D eigenvalue weighted by Crippen LogP contribution is 2.32. The van der Waals surface area contributed by atoms with Crippen LogP contribution in [0.4, 0.5) is 10.1 Å². The lowest BCUT2D eigenvalue weighted by molar-refractivity contribution is 0.102. The van der Waals surface area contributed by atoms with Crippen molar-refractivity contribution >= 4 is 38.9 Å². The van der Waals surface area contributed by atoms with Crippen LogP contribution in [-0.2, 0) is 15.4 Å². The molecule has 2 heterocycles. The molecule has 1 aliphatic heterocycles. The van der Waals surface area contributed by atoms with Crippen molar-refractivity contribution < 1.29 is 17.6 Å². The van der Waals surface area contributed by atoms with Crippen LogP contribution in [0.15, 0.2) is 36.5 Å². The van der Waals surface area contributed by atoms with E-state index in [9.17, 15) is 17.6 Å². The molecular formula is C18H18ClFN4O3S. The third-order valence-electron chi connectivity index (χ3n) is 4.62. The minimum Gasteiger partial charge on any atom is -0.363 e. The van der Waals surface area contributed by atoms with Gasteiger partial charge in [0.15, 0.2) is 9.84 Å². The molecule has 2 aromatic rings. The molecule has 10 heteroatoms. The first kappa shape index (κ1) is 20.2. The quantitative estimate of drug-likeness (QED) is 0.701. The highest BCUT2D eigenvalue weighted by atomic mass is 35.5. The van der Waals surface area contributed by atoms with Crippen LogP contribution in [0.1, 0.15) is 29.9 Å². The number of hydrogen-bond acceptors (Lipinski definition) is 5. The number of carbonyl (C=O) groups is 1. The van der Waals surface area contributed by atoms with E-state index in [2.05, 4.69) is 15.6 Å². The van der Waals surface area contributed by atoms with E-state index in [-0.39, 0.29) is 28.5 Å². The Hall–Kier alpha value is -2.52. The van der Waals surface area contributed by atoms with E-state index in [1.54, 1.807) is 0 Å². The zero-order valence-electron chi connectivity index (χ0n) is 15.1. The van der Waals surface area contributed by atoms with Gasteiger partial charge in [-0.15, -0.1) is 0 Å². The Bertz CT molecular complexity index is 1060. The van der Waals surface area contributed by atoms with Crippen molar-refractivity contribution in [3.8, 4) is 0 Å². The average molecular weight is 425 g/mol. The van der Waals surface area contributed by atoms with E-state index in [4.69, 9.17) is 17.0 Å². The Morgan fingerprint density at radius 3 is 2.71 bits per heavy atom. The molecule has 0 bridgehead atoms. The van der Waals surface area contributed by atoms with Crippen molar-refractivity contribution in [2.75, 3.05) is 11.1 Å². The van der Waals surface area contributed by atoms with Crippen LogP contribution in [-0.4, -0.2) is 36.1 Å². The standard InChI is InChI=1S/C18H18ClFN4O3S/c1-10-16(21)24-18(2,9-28(10,26)27)13-7-12(4-5-14(13)20)23-17(25)15-6-3-11(19)8-22-15/h3-8,10H,9H2,1-2H3,(H2,21,24)(H,23,25)/t10-,18-/m0/s1. The van der Waals surface area contributed by atoms with Crippen LogP contribution in [0.3, 0.4) is 0 Å². The van der Waals surface area contributed by atoms with E-state index < -0.39 is 32.4 Å². The van der Waals surface area contributed by atoms with Crippen molar-refractivity contribution in [1.29, 1.82) is 5.41 Å². The van der Waals surface area contributed by atoms with Gasteiger partial charge in [0.25, 0.3) is 5.91 Å². The SMILES string of the molecule is C[C@H]1C(=N)N[C@](C)(c2cc(NC(=O)c3ccc(Cl)cn3)ccc2F)CS1(=O)=O. The maximum Gasteiger partial charge on any atom is 0.274 e. The summed E-state index contributed by atoms with van der Waals surface area (Å²) >= 11 is 5.75. The molecule has 0 saturated carbocycles. The fourth-order valence-electron chi connectivity index (χ4n) is 3.02. The van der Waals surface area contributed by atoms with Gasteiger partial charge in [-0.25, -0.2) is 17.8 Å². The topological polar surface area (TPSA) is 112 Å². The van der Waals surface area contributed by atoms with E-state index in [1.807, 2.05) is 0 Å². The normalized spacial score (nSPS) is 23.7. The summed E-state index contributed by atoms with van der Waals surface area (Å²) in [7, 11) is -3.63. The van der Waals surface area contributed by atoms with Gasteiger partial charge in [-0.1, -0.05) is 11.6 Å². The van der Waals surface area contributed by atoms with E-state index in [1.165, 1.54) is 44.3 Å². The fourth-order valence-corrected chi connectivity index (χ4v) is 4.83. The third-order valence-corrected chi connectivity index (χ3v) is 7.14. The molecule has 3 rings (SSSR count). The number of rotatable bonds is 3. The van der Waals surface area contributed by atoms with Crippen LogP contribution >= 0.6 is 11.6 Å². The van der Waals surface area contributed by atoms with Gasteiger partial charge < -0.3 is 10.6 Å². The van der Waals surface area contributed by atoms with Crippen LogP contribution in [0, 0.1) is 11.2 Å². The van der Waals surface area contributed by atoms with E-state index in [0.29, 0.717) is 5.02 Å². The van der Waals surface area contributed by atoms with Crippen molar-refractivity contribution in [3.05, 3.63) is 58.6 Å². The molecule has 0 aliphatic carbocycles. The molecule has 3 N–H and O–H groups in total. The number of halogens is 2. The van der Waals surface area contributed by atoms with Crippen LogP contribution in [0.5, 0.6) is 0 Å². The number of anilines is 1. The smallest absolute Gasteiger partial charge is 0.274 e. The molecule has 0 unspecified atom stereocenters. The summed E-state index contributed by atoms with van der Waals surface area (Å²) in [5, 5.41) is 12.7. The Balaban J connectivity index is 1.92. The second kappa shape index (κ2) is 7.14. The van der Waals surface area contributed by atoms with Crippen molar-refractivity contribution in [3.63, 3.8) is 0 Å². The molecule has 0 spiro atoms. The summed E-state index contributed by atoms with van der Waals surface area (Å²) in [4.78, 5) is 16.2. The number of nitrogens with zero attached hydrogens (tertiary/aromatic N) is 1. The van der Waals surface area contributed by atoms with Gasteiger partial charge in [-0.2, -0.15) is 0 Å². The molecule has 1 aromatic heterocycles. The highest BCUT2D eigenvalue weighted by Gasteiger charge is 2.44. The minimum atomic E-state index is -3.63. The van der Waals surface area contributed by atoms with Gasteiger partial charge in [0.2, 0.25) is 0 Å². The summed E-state index contributed by atoms with van der Waals surface area (Å²) in [6.07, 6.45) is 1.33. The van der Waals surface area contributed by atoms with E-state index >= 15 is 0 Å². The number of carbonyl (C=O) groups excluding carboxylic acids is 1. The summed E-state index contributed by atoms with van der Waals surface area (Å²) < 4.78 is 39.3. The van der Waals surface area contributed by atoms with Gasteiger partial charge in [-0.3, -0.25) is 10.2 Å². The molecule has 1 saturated heterocycles. The van der Waals surface area contributed by atoms with Gasteiger partial charge >= 0.3 is 0 Å². The molecule has 148 valence electrons. The summed E-state index contributed by atoms with van der Waals surface area (Å²) in [5.74, 6) is -1.75. The predicted molar refractivity (Wildman–Crippen MR) is 105 cm³/mol. The first-order valence-corrected chi connectivity index (χ1v) is 10.4. The number of aromatic nitrogens is 1. The number of amidine groups is 1. The monoisotopic (exact) mass is 424 g/mol. The molecule has 1 aliphatic rings. The predicted octanol–water partition coefficient (Wildman–Crippen LogP) is 2.73. The van der Waals surface area contributed by atoms with Gasteiger partial charge in [0.1, 0.15) is 22.6 Å². The molecule has 28 heavy (non-hydrogen) atoms. The number of nitrogens with one attached hydrogen (secondary N) is 3. The van der Waals surface area contributed by atoms with Crippen molar-refractivity contribution in [2.45, 2.75) is 24.6 Å². The summed E-state index contributed by atoms with van der Waals surface area (Å²) in [6.45, 7) is 2.92. The molecule has 0 radical (unpaired) electrons. The Morgan fingerprint density at radius 2 is 2.11 bits per heavy atom. The first-order valence-electron chi connectivity index (χ1n) is 8.33. The molecule has 1 aromatic carbocycles. The van der Waals surface area contributed by atoms with Gasteiger partial charge in [-0.05, 0) is 44.2 Å². The zero-order valence-corrected chi connectivity index (χ0v) is 16.7. The molecule has 7 nitrogen and oxygen atoms in total. The summed E-state index contributed by atoms with van der Waals surface area (Å²) in [6, 6.07) is 6.82. The van der Waals surface area contributed by atoms with Crippen LogP contribution < -0.4 is 10.6 Å². The lowest BCUT2D eigenvalue weighted by Crippen LogP contribution is -2.59. The van der Waals surface area contributed by atoms with Gasteiger partial charge in [0.05, 0.1) is 16.3 Å². The van der Waals surface area contributed by atoms with Crippen LogP contribution in [0.2, 0.25) is 5.02 Å². The Morgan fingerprint density at radius 1 is 1.39 bits per heavy atom. The minimum absolute atomic E-state index is 0.0367. The molecule has 1 fully saturated rings. The number of hydrogen-bond donors (Lipinski definition) is 3. The zero-order chi connectivity index (χ0) is 20.7. The highest BCUT2D eigenvalue weighted by molar-refractivity contribution is 7.92.